The molecule has 1 aliphatic rings. The average molecular weight is 310 g/mol. The first-order valence-electron chi connectivity index (χ1n) is 7.13. The Morgan fingerprint density at radius 3 is 2.48 bits per heavy atom. The first kappa shape index (κ1) is 16.1. The largest absolute Gasteiger partial charge is 0.480 e. The topological polar surface area (TPSA) is 69.6 Å². The van der Waals surface area contributed by atoms with E-state index in [9.17, 15) is 14.1 Å². The SMILES string of the molecule is CNC(CCN1CCS(=O)CC1)(C(=O)O)c1ccccc1. The van der Waals surface area contributed by atoms with Crippen LogP contribution in [0.15, 0.2) is 30.3 Å². The Labute approximate surface area is 127 Å². The molecular formula is C15H22N2O3S. The lowest BCUT2D eigenvalue weighted by atomic mass is 9.86. The van der Waals surface area contributed by atoms with E-state index in [0.29, 0.717) is 24.5 Å². The van der Waals surface area contributed by atoms with Gasteiger partial charge in [0.1, 0.15) is 5.54 Å². The number of hydrogen-bond donors (Lipinski definition) is 2. The molecule has 1 fully saturated rings. The summed E-state index contributed by atoms with van der Waals surface area (Å²) in [5, 5.41) is 12.7. The normalized spacial score (nSPS) is 20.0. The van der Waals surface area contributed by atoms with E-state index in [1.807, 2.05) is 30.3 Å². The maximum atomic E-state index is 11.8. The number of carbonyl (C=O) groups is 1. The van der Waals surface area contributed by atoms with Crippen LogP contribution in [0, 0.1) is 0 Å². The molecule has 0 aromatic heterocycles. The number of nitrogens with one attached hydrogen (secondary N) is 1. The molecule has 1 atom stereocenters. The summed E-state index contributed by atoms with van der Waals surface area (Å²) in [6.45, 7) is 2.24. The highest BCUT2D eigenvalue weighted by Gasteiger charge is 2.39. The lowest BCUT2D eigenvalue weighted by Crippen LogP contribution is -2.50. The zero-order chi connectivity index (χ0) is 15.3. The van der Waals surface area contributed by atoms with E-state index < -0.39 is 22.3 Å². The van der Waals surface area contributed by atoms with Gasteiger partial charge in [-0.15, -0.1) is 0 Å². The van der Waals surface area contributed by atoms with E-state index in [-0.39, 0.29) is 0 Å². The summed E-state index contributed by atoms with van der Waals surface area (Å²) in [5.74, 6) is 0.507. The van der Waals surface area contributed by atoms with Crippen molar-refractivity contribution in [1.82, 2.24) is 10.2 Å². The minimum atomic E-state index is -1.07. The Kier molecular flexibility index (Phi) is 5.50. The zero-order valence-electron chi connectivity index (χ0n) is 12.2. The van der Waals surface area contributed by atoms with Gasteiger partial charge in [-0.1, -0.05) is 30.3 Å². The fourth-order valence-electron chi connectivity index (χ4n) is 2.70. The lowest BCUT2D eigenvalue weighted by Gasteiger charge is -2.33. The molecule has 0 amide bonds. The molecule has 1 saturated heterocycles. The Hall–Kier alpha value is -1.24. The molecule has 1 aromatic carbocycles. The molecule has 1 heterocycles. The van der Waals surface area contributed by atoms with Crippen molar-refractivity contribution in [3.63, 3.8) is 0 Å². The van der Waals surface area contributed by atoms with Gasteiger partial charge >= 0.3 is 5.97 Å². The van der Waals surface area contributed by atoms with Crippen molar-refractivity contribution in [2.24, 2.45) is 0 Å². The fourth-order valence-corrected chi connectivity index (χ4v) is 3.83. The second kappa shape index (κ2) is 7.15. The lowest BCUT2D eigenvalue weighted by molar-refractivity contribution is -0.145. The Balaban J connectivity index is 2.10. The van der Waals surface area contributed by atoms with Gasteiger partial charge in [-0.25, -0.2) is 4.79 Å². The van der Waals surface area contributed by atoms with E-state index in [1.54, 1.807) is 7.05 Å². The first-order valence-corrected chi connectivity index (χ1v) is 8.62. The van der Waals surface area contributed by atoms with Crippen LogP contribution in [-0.4, -0.2) is 58.4 Å². The fraction of sp³-hybridized carbons (Fsp3) is 0.533. The highest BCUT2D eigenvalue weighted by Crippen LogP contribution is 2.26. The van der Waals surface area contributed by atoms with E-state index in [4.69, 9.17) is 0 Å². The third-order valence-electron chi connectivity index (χ3n) is 4.13. The minimum absolute atomic E-state index is 0.482. The Bertz CT molecular complexity index is 499. The van der Waals surface area contributed by atoms with Crippen LogP contribution in [-0.2, 0) is 21.1 Å². The second-order valence-electron chi connectivity index (χ2n) is 5.27. The zero-order valence-corrected chi connectivity index (χ0v) is 13.1. The molecule has 116 valence electrons. The predicted octanol–water partition coefficient (Wildman–Crippen LogP) is 0.640. The standard InChI is InChI=1S/C15H22N2O3S/c1-16-15(14(18)19,13-5-3-2-4-6-13)7-8-17-9-11-21(20)12-10-17/h2-6,16H,7-12H2,1H3,(H,18,19). The molecule has 1 unspecified atom stereocenters. The maximum absolute atomic E-state index is 11.8. The molecule has 0 saturated carbocycles. The summed E-state index contributed by atoms with van der Waals surface area (Å²) in [4.78, 5) is 14.0. The third kappa shape index (κ3) is 3.70. The van der Waals surface area contributed by atoms with Crippen molar-refractivity contribution >= 4 is 16.8 Å². The Morgan fingerprint density at radius 2 is 1.95 bits per heavy atom. The van der Waals surface area contributed by atoms with Gasteiger partial charge in [-0.05, 0) is 19.0 Å². The van der Waals surface area contributed by atoms with Crippen LogP contribution in [0.4, 0.5) is 0 Å². The minimum Gasteiger partial charge on any atom is -0.480 e. The molecule has 0 spiro atoms. The van der Waals surface area contributed by atoms with Gasteiger partial charge in [0.2, 0.25) is 0 Å². The van der Waals surface area contributed by atoms with Crippen LogP contribution in [0.3, 0.4) is 0 Å². The molecule has 1 aliphatic heterocycles. The number of nitrogens with zero attached hydrogens (tertiary/aromatic N) is 1. The average Bonchev–Trinajstić information content (AvgIpc) is 2.51. The highest BCUT2D eigenvalue weighted by atomic mass is 32.2. The van der Waals surface area contributed by atoms with Crippen molar-refractivity contribution in [1.29, 1.82) is 0 Å². The van der Waals surface area contributed by atoms with Crippen LogP contribution in [0.5, 0.6) is 0 Å². The van der Waals surface area contributed by atoms with Crippen molar-refractivity contribution in [3.05, 3.63) is 35.9 Å². The molecule has 0 radical (unpaired) electrons. The predicted molar refractivity (Wildman–Crippen MR) is 83.7 cm³/mol. The number of likely N-dealkylation sites (N-methyl/N-ethyl adjacent to an activating group) is 1. The van der Waals surface area contributed by atoms with Gasteiger partial charge in [0.15, 0.2) is 0 Å². The van der Waals surface area contributed by atoms with Gasteiger partial charge < -0.3 is 15.3 Å². The van der Waals surface area contributed by atoms with Gasteiger partial charge in [-0.3, -0.25) is 4.21 Å². The summed E-state index contributed by atoms with van der Waals surface area (Å²) in [6.07, 6.45) is 0.482. The summed E-state index contributed by atoms with van der Waals surface area (Å²) in [5.41, 5.74) is -0.307. The molecule has 2 rings (SSSR count). The molecular weight excluding hydrogens is 288 g/mol. The van der Waals surface area contributed by atoms with Crippen LogP contribution < -0.4 is 5.32 Å². The number of benzene rings is 1. The second-order valence-corrected chi connectivity index (χ2v) is 6.96. The monoisotopic (exact) mass is 310 g/mol. The highest BCUT2D eigenvalue weighted by molar-refractivity contribution is 7.85. The van der Waals surface area contributed by atoms with Gasteiger partial charge in [0, 0.05) is 41.9 Å². The molecule has 21 heavy (non-hydrogen) atoms. The smallest absolute Gasteiger partial charge is 0.328 e. The Morgan fingerprint density at radius 1 is 1.33 bits per heavy atom. The van der Waals surface area contributed by atoms with Crippen LogP contribution in [0.1, 0.15) is 12.0 Å². The van der Waals surface area contributed by atoms with Crippen LogP contribution in [0.25, 0.3) is 0 Å². The molecule has 6 heteroatoms. The van der Waals surface area contributed by atoms with Gasteiger partial charge in [0.05, 0.1) is 0 Å². The molecule has 5 nitrogen and oxygen atoms in total. The summed E-state index contributed by atoms with van der Waals surface area (Å²) in [7, 11) is 0.981. The summed E-state index contributed by atoms with van der Waals surface area (Å²) >= 11 is 0. The number of carboxylic acids is 1. The van der Waals surface area contributed by atoms with Crippen LogP contribution >= 0.6 is 0 Å². The van der Waals surface area contributed by atoms with E-state index >= 15 is 0 Å². The van der Waals surface area contributed by atoms with Crippen molar-refractivity contribution < 1.29 is 14.1 Å². The summed E-state index contributed by atoms with van der Waals surface area (Å²) < 4.78 is 11.4. The number of rotatable bonds is 6. The van der Waals surface area contributed by atoms with Crippen molar-refractivity contribution in [2.75, 3.05) is 38.2 Å². The molecule has 1 aromatic rings. The quantitative estimate of drug-likeness (QED) is 0.807. The van der Waals surface area contributed by atoms with Gasteiger partial charge in [0.25, 0.3) is 0 Å². The molecule has 0 bridgehead atoms. The maximum Gasteiger partial charge on any atom is 0.328 e. The van der Waals surface area contributed by atoms with E-state index in [0.717, 1.165) is 18.7 Å². The number of aliphatic carboxylic acids is 1. The van der Waals surface area contributed by atoms with Gasteiger partial charge in [-0.2, -0.15) is 0 Å². The first-order chi connectivity index (χ1) is 10.1. The van der Waals surface area contributed by atoms with Crippen molar-refractivity contribution in [2.45, 2.75) is 12.0 Å². The summed E-state index contributed by atoms with van der Waals surface area (Å²) in [6, 6.07) is 9.28. The third-order valence-corrected chi connectivity index (χ3v) is 5.41. The molecule has 2 N–H and O–H groups in total. The number of carboxylic acid groups (broad SMARTS) is 1. The molecule has 0 aliphatic carbocycles. The van der Waals surface area contributed by atoms with E-state index in [1.165, 1.54) is 0 Å². The van der Waals surface area contributed by atoms with Crippen molar-refractivity contribution in [3.8, 4) is 0 Å². The number of hydrogen-bond acceptors (Lipinski definition) is 4. The van der Waals surface area contributed by atoms with Crippen LogP contribution in [0.2, 0.25) is 0 Å². The van der Waals surface area contributed by atoms with E-state index in [2.05, 4.69) is 10.2 Å².